The number of anilines is 4. The molecule has 1 aromatic carbocycles. The molecule has 0 bridgehead atoms. The molecule has 0 aliphatic carbocycles. The Kier molecular flexibility index (Phi) is 6.74. The maximum Gasteiger partial charge on any atom is 0.409 e. The number of piperidine rings is 1. The van der Waals surface area contributed by atoms with E-state index in [2.05, 4.69) is 37.6 Å². The van der Waals surface area contributed by atoms with Gasteiger partial charge in [-0.1, -0.05) is 0 Å². The zero-order chi connectivity index (χ0) is 20.8. The third kappa shape index (κ3) is 5.73. The van der Waals surface area contributed by atoms with Crippen LogP contribution in [-0.4, -0.2) is 60.8 Å². The average Bonchev–Trinajstić information content (AvgIpc) is 2.68. The van der Waals surface area contributed by atoms with Crippen molar-refractivity contribution in [1.29, 1.82) is 0 Å². The van der Waals surface area contributed by atoms with Gasteiger partial charge < -0.3 is 25.2 Å². The molecule has 1 aliphatic heterocycles. The topological polar surface area (TPSA) is 82.6 Å². The Morgan fingerprint density at radius 1 is 1.21 bits per heavy atom. The lowest BCUT2D eigenvalue weighted by atomic mass is 10.1. The predicted molar refractivity (Wildman–Crippen MR) is 116 cm³/mol. The van der Waals surface area contributed by atoms with E-state index in [-0.39, 0.29) is 12.1 Å². The highest BCUT2D eigenvalue weighted by Crippen LogP contribution is 2.21. The summed E-state index contributed by atoms with van der Waals surface area (Å²) in [7, 11) is 4.04. The number of nitrogens with one attached hydrogen (secondary N) is 2. The van der Waals surface area contributed by atoms with Crippen LogP contribution in [0.15, 0.2) is 30.3 Å². The number of hydrogen-bond donors (Lipinski definition) is 2. The highest BCUT2D eigenvalue weighted by Gasteiger charge is 2.24. The molecule has 3 rings (SSSR count). The standard InChI is InChI=1S/C21H30N6O2/c1-5-29-21(28)27-12-10-17(11-13-27)24-20-22-15(2)14-19(25-20)23-16-6-8-18(9-7-16)26(3)4/h6-9,14,17H,5,10-13H2,1-4H3,(H2,22,23,24,25). The van der Waals surface area contributed by atoms with Crippen LogP contribution in [0.3, 0.4) is 0 Å². The van der Waals surface area contributed by atoms with Gasteiger partial charge in [-0.25, -0.2) is 9.78 Å². The first-order valence-electron chi connectivity index (χ1n) is 10.0. The smallest absolute Gasteiger partial charge is 0.409 e. The Labute approximate surface area is 172 Å². The van der Waals surface area contributed by atoms with E-state index in [0.29, 0.717) is 25.6 Å². The minimum absolute atomic E-state index is 0.231. The molecule has 1 amide bonds. The summed E-state index contributed by atoms with van der Waals surface area (Å²) in [5.41, 5.74) is 3.01. The zero-order valence-corrected chi connectivity index (χ0v) is 17.6. The van der Waals surface area contributed by atoms with E-state index in [1.165, 1.54) is 0 Å². The molecule has 1 saturated heterocycles. The second-order valence-electron chi connectivity index (χ2n) is 7.39. The van der Waals surface area contributed by atoms with Crippen LogP contribution in [0.2, 0.25) is 0 Å². The molecular weight excluding hydrogens is 368 g/mol. The Bertz CT molecular complexity index is 816. The van der Waals surface area contributed by atoms with Crippen molar-refractivity contribution >= 4 is 29.2 Å². The van der Waals surface area contributed by atoms with Crippen molar-refractivity contribution in [2.45, 2.75) is 32.7 Å². The van der Waals surface area contributed by atoms with E-state index in [9.17, 15) is 4.79 Å². The third-order valence-electron chi connectivity index (χ3n) is 4.86. The number of amides is 1. The number of likely N-dealkylation sites (tertiary alicyclic amines) is 1. The summed E-state index contributed by atoms with van der Waals surface area (Å²) in [5, 5.41) is 6.76. The molecular formula is C21H30N6O2. The number of ether oxygens (including phenoxy) is 1. The summed E-state index contributed by atoms with van der Waals surface area (Å²) in [6.07, 6.45) is 1.44. The fraction of sp³-hybridized carbons (Fsp3) is 0.476. The van der Waals surface area contributed by atoms with Crippen LogP contribution in [0.1, 0.15) is 25.5 Å². The number of benzene rings is 1. The molecule has 0 radical (unpaired) electrons. The molecule has 156 valence electrons. The van der Waals surface area contributed by atoms with Crippen LogP contribution in [0.5, 0.6) is 0 Å². The highest BCUT2D eigenvalue weighted by molar-refractivity contribution is 5.67. The van der Waals surface area contributed by atoms with Crippen LogP contribution in [-0.2, 0) is 4.74 Å². The quantitative estimate of drug-likeness (QED) is 0.769. The minimum atomic E-state index is -0.232. The van der Waals surface area contributed by atoms with Gasteiger partial charge in [0, 0.05) is 56.4 Å². The van der Waals surface area contributed by atoms with Gasteiger partial charge in [0.15, 0.2) is 0 Å². The average molecular weight is 399 g/mol. The molecule has 1 fully saturated rings. The van der Waals surface area contributed by atoms with Crippen LogP contribution in [0.4, 0.5) is 27.9 Å². The van der Waals surface area contributed by atoms with Crippen molar-refractivity contribution in [2.24, 2.45) is 0 Å². The molecule has 1 aliphatic rings. The molecule has 2 N–H and O–H groups in total. The van der Waals surface area contributed by atoms with Gasteiger partial charge in [-0.05, 0) is 51.0 Å². The number of aryl methyl sites for hydroxylation is 1. The summed E-state index contributed by atoms with van der Waals surface area (Å²) in [6, 6.07) is 10.3. The predicted octanol–water partition coefficient (Wildman–Crippen LogP) is 3.63. The second-order valence-corrected chi connectivity index (χ2v) is 7.39. The van der Waals surface area contributed by atoms with Crippen molar-refractivity contribution in [3.8, 4) is 0 Å². The highest BCUT2D eigenvalue weighted by atomic mass is 16.6. The summed E-state index contributed by atoms with van der Waals surface area (Å²) in [6.45, 7) is 5.53. The number of rotatable bonds is 6. The van der Waals surface area contributed by atoms with Gasteiger partial charge in [0.05, 0.1) is 6.61 Å². The van der Waals surface area contributed by atoms with E-state index in [1.807, 2.05) is 46.1 Å². The lowest BCUT2D eigenvalue weighted by Crippen LogP contribution is -2.42. The zero-order valence-electron chi connectivity index (χ0n) is 17.6. The summed E-state index contributed by atoms with van der Waals surface area (Å²) in [4.78, 5) is 24.8. The fourth-order valence-corrected chi connectivity index (χ4v) is 3.29. The van der Waals surface area contributed by atoms with Gasteiger partial charge in [-0.3, -0.25) is 0 Å². The van der Waals surface area contributed by atoms with Crippen molar-refractivity contribution in [2.75, 3.05) is 49.3 Å². The summed E-state index contributed by atoms with van der Waals surface area (Å²) in [5.74, 6) is 1.36. The normalized spacial score (nSPS) is 14.4. The maximum absolute atomic E-state index is 11.8. The molecule has 8 heteroatoms. The molecule has 2 heterocycles. The Balaban J connectivity index is 1.60. The Morgan fingerprint density at radius 3 is 2.52 bits per heavy atom. The number of aromatic nitrogens is 2. The minimum Gasteiger partial charge on any atom is -0.450 e. The van der Waals surface area contributed by atoms with Gasteiger partial charge in [0.25, 0.3) is 0 Å². The van der Waals surface area contributed by atoms with E-state index >= 15 is 0 Å². The second kappa shape index (κ2) is 9.45. The molecule has 1 aromatic heterocycles. The summed E-state index contributed by atoms with van der Waals surface area (Å²) < 4.78 is 5.07. The monoisotopic (exact) mass is 398 g/mol. The molecule has 8 nitrogen and oxygen atoms in total. The van der Waals surface area contributed by atoms with Crippen molar-refractivity contribution < 1.29 is 9.53 Å². The molecule has 0 spiro atoms. The number of carbonyl (C=O) groups is 1. The van der Waals surface area contributed by atoms with Crippen LogP contribution < -0.4 is 15.5 Å². The van der Waals surface area contributed by atoms with E-state index < -0.39 is 0 Å². The van der Waals surface area contributed by atoms with Gasteiger partial charge in [-0.2, -0.15) is 4.98 Å². The maximum atomic E-state index is 11.8. The third-order valence-corrected chi connectivity index (χ3v) is 4.86. The first kappa shape index (κ1) is 20.7. The molecule has 0 saturated carbocycles. The van der Waals surface area contributed by atoms with Gasteiger partial charge in [-0.15, -0.1) is 0 Å². The Morgan fingerprint density at radius 2 is 1.90 bits per heavy atom. The van der Waals surface area contributed by atoms with E-state index in [1.54, 1.807) is 4.90 Å². The van der Waals surface area contributed by atoms with Crippen LogP contribution >= 0.6 is 0 Å². The molecule has 2 aromatic rings. The van der Waals surface area contributed by atoms with Gasteiger partial charge in [0.2, 0.25) is 5.95 Å². The number of nitrogens with zero attached hydrogens (tertiary/aromatic N) is 4. The first-order chi connectivity index (χ1) is 13.9. The fourth-order valence-electron chi connectivity index (χ4n) is 3.29. The summed E-state index contributed by atoms with van der Waals surface area (Å²) >= 11 is 0. The van der Waals surface area contributed by atoms with Crippen molar-refractivity contribution in [1.82, 2.24) is 14.9 Å². The lowest BCUT2D eigenvalue weighted by Gasteiger charge is -2.31. The van der Waals surface area contributed by atoms with E-state index in [0.717, 1.165) is 35.7 Å². The van der Waals surface area contributed by atoms with E-state index in [4.69, 9.17) is 4.74 Å². The van der Waals surface area contributed by atoms with Crippen LogP contribution in [0.25, 0.3) is 0 Å². The molecule has 0 unspecified atom stereocenters. The van der Waals surface area contributed by atoms with Gasteiger partial charge >= 0.3 is 6.09 Å². The SMILES string of the molecule is CCOC(=O)N1CCC(Nc2nc(C)cc(Nc3ccc(N(C)C)cc3)n2)CC1. The van der Waals surface area contributed by atoms with Crippen molar-refractivity contribution in [3.63, 3.8) is 0 Å². The lowest BCUT2D eigenvalue weighted by molar-refractivity contribution is 0.0983. The molecule has 0 atom stereocenters. The Hall–Kier alpha value is -3.03. The largest absolute Gasteiger partial charge is 0.450 e. The van der Waals surface area contributed by atoms with Crippen LogP contribution in [0, 0.1) is 6.92 Å². The molecule has 29 heavy (non-hydrogen) atoms. The van der Waals surface area contributed by atoms with Gasteiger partial charge in [0.1, 0.15) is 5.82 Å². The first-order valence-corrected chi connectivity index (χ1v) is 10.0. The van der Waals surface area contributed by atoms with Crippen molar-refractivity contribution in [3.05, 3.63) is 36.0 Å². The number of carbonyl (C=O) groups excluding carboxylic acids is 1. The number of hydrogen-bond acceptors (Lipinski definition) is 7.